The second-order valence-electron chi connectivity index (χ2n) is 6.03. The van der Waals surface area contributed by atoms with Gasteiger partial charge in [-0.25, -0.2) is 0 Å². The van der Waals surface area contributed by atoms with Gasteiger partial charge in [0.1, 0.15) is 6.10 Å². The summed E-state index contributed by atoms with van der Waals surface area (Å²) < 4.78 is 7.65. The Morgan fingerprint density at radius 3 is 2.88 bits per heavy atom. The zero-order valence-corrected chi connectivity index (χ0v) is 17.8. The Labute approximate surface area is 166 Å². The lowest BCUT2D eigenvalue weighted by atomic mass is 10.1. The molecule has 0 aromatic carbocycles. The molecule has 1 saturated heterocycles. The minimum Gasteiger partial charge on any atom is -0.370 e. The van der Waals surface area contributed by atoms with Crippen LogP contribution in [0.15, 0.2) is 17.4 Å². The molecule has 1 N–H and O–H groups in total. The third-order valence-electron chi connectivity index (χ3n) is 3.88. The lowest BCUT2D eigenvalue weighted by molar-refractivity contribution is -0.128. The van der Waals surface area contributed by atoms with Crippen LogP contribution in [0.4, 0.5) is 0 Å². The quantitative estimate of drug-likeness (QED) is 0.398. The van der Waals surface area contributed by atoms with Gasteiger partial charge in [-0.2, -0.15) is 5.10 Å². The smallest absolute Gasteiger partial charge is 0.223 e. The molecule has 1 aromatic heterocycles. The van der Waals surface area contributed by atoms with Gasteiger partial charge in [-0.05, 0) is 6.92 Å². The van der Waals surface area contributed by atoms with Crippen LogP contribution in [0.1, 0.15) is 25.0 Å². The number of hydrogen-bond acceptors (Lipinski definition) is 4. The van der Waals surface area contributed by atoms with Crippen LogP contribution >= 0.6 is 24.0 Å². The van der Waals surface area contributed by atoms with Gasteiger partial charge in [0.25, 0.3) is 0 Å². The molecule has 2 rings (SSSR count). The Morgan fingerprint density at radius 1 is 1.52 bits per heavy atom. The first kappa shape index (κ1) is 21.7. The van der Waals surface area contributed by atoms with Gasteiger partial charge in [0, 0.05) is 52.4 Å². The molecule has 0 bridgehead atoms. The molecule has 1 aliphatic heterocycles. The largest absolute Gasteiger partial charge is 0.370 e. The Hall–Kier alpha value is -1.36. The Morgan fingerprint density at radius 2 is 2.28 bits per heavy atom. The van der Waals surface area contributed by atoms with Crippen LogP contribution < -0.4 is 5.32 Å². The van der Waals surface area contributed by atoms with Crippen LogP contribution in [-0.4, -0.2) is 78.3 Å². The minimum atomic E-state index is -0.0142. The molecule has 0 aliphatic carbocycles. The molecule has 1 amide bonds. The van der Waals surface area contributed by atoms with E-state index in [1.807, 2.05) is 26.4 Å². The molecule has 1 unspecified atom stereocenters. The Balaban J connectivity index is 0.00000312. The summed E-state index contributed by atoms with van der Waals surface area (Å²) in [6.07, 6.45) is 4.22. The predicted molar refractivity (Wildman–Crippen MR) is 108 cm³/mol. The number of carbonyl (C=O) groups is 1. The number of amides is 1. The van der Waals surface area contributed by atoms with E-state index in [4.69, 9.17) is 4.74 Å². The maximum atomic E-state index is 11.7. The highest BCUT2D eigenvalue weighted by Crippen LogP contribution is 2.21. The van der Waals surface area contributed by atoms with Gasteiger partial charge in [0.2, 0.25) is 5.91 Å². The summed E-state index contributed by atoms with van der Waals surface area (Å²) in [5, 5.41) is 7.52. The lowest BCUT2D eigenvalue weighted by Crippen LogP contribution is -2.48. The van der Waals surface area contributed by atoms with Crippen LogP contribution in [0.3, 0.4) is 0 Å². The third-order valence-corrected chi connectivity index (χ3v) is 3.88. The van der Waals surface area contributed by atoms with Crippen LogP contribution in [-0.2, 0) is 16.6 Å². The van der Waals surface area contributed by atoms with Crippen molar-refractivity contribution in [1.29, 1.82) is 0 Å². The van der Waals surface area contributed by atoms with Crippen molar-refractivity contribution in [1.82, 2.24) is 24.9 Å². The number of carbonyl (C=O) groups excluding carboxylic acids is 1. The highest BCUT2D eigenvalue weighted by atomic mass is 127. The number of nitrogens with one attached hydrogen (secondary N) is 1. The fourth-order valence-corrected chi connectivity index (χ4v) is 2.56. The van der Waals surface area contributed by atoms with Gasteiger partial charge < -0.3 is 19.9 Å². The van der Waals surface area contributed by atoms with E-state index in [2.05, 4.69) is 20.3 Å². The van der Waals surface area contributed by atoms with E-state index in [0.717, 1.165) is 31.2 Å². The molecule has 1 atom stereocenters. The summed E-state index contributed by atoms with van der Waals surface area (Å²) in [5.41, 5.74) is 1.07. The van der Waals surface area contributed by atoms with Gasteiger partial charge in [0.05, 0.1) is 25.9 Å². The second-order valence-corrected chi connectivity index (χ2v) is 6.03. The van der Waals surface area contributed by atoms with E-state index in [1.165, 1.54) is 0 Å². The molecule has 25 heavy (non-hydrogen) atoms. The van der Waals surface area contributed by atoms with Crippen molar-refractivity contribution < 1.29 is 9.53 Å². The van der Waals surface area contributed by atoms with Crippen LogP contribution in [0.5, 0.6) is 0 Å². The number of aromatic nitrogens is 2. The summed E-state index contributed by atoms with van der Waals surface area (Å²) >= 11 is 0. The molecule has 1 fully saturated rings. The monoisotopic (exact) mass is 464 g/mol. The second kappa shape index (κ2) is 10.6. The summed E-state index contributed by atoms with van der Waals surface area (Å²) in [4.78, 5) is 20.1. The maximum absolute atomic E-state index is 11.7. The summed E-state index contributed by atoms with van der Waals surface area (Å²) in [5.74, 6) is 0.922. The van der Waals surface area contributed by atoms with E-state index >= 15 is 0 Å². The molecule has 1 aromatic rings. The first-order valence-electron chi connectivity index (χ1n) is 8.34. The average Bonchev–Trinajstić information content (AvgIpc) is 3.00. The van der Waals surface area contributed by atoms with Gasteiger partial charge in [-0.15, -0.1) is 24.0 Å². The first-order chi connectivity index (χ1) is 11.5. The summed E-state index contributed by atoms with van der Waals surface area (Å²) in [6, 6.07) is 0. The molecule has 8 nitrogen and oxygen atoms in total. The molecule has 9 heteroatoms. The standard InChI is InChI=1S/C16H28N6O2.HI/c1-5-17-16(18-7-6-15(23)20(2)3)22-8-9-24-14(12-22)13-10-19-21(4)11-13;/h10-11,14H,5-9,12H2,1-4H3,(H,17,18);1H. The average molecular weight is 464 g/mol. The fraction of sp³-hybridized carbons (Fsp3) is 0.688. The van der Waals surface area contributed by atoms with Gasteiger partial charge in [0.15, 0.2) is 5.96 Å². The fourth-order valence-electron chi connectivity index (χ4n) is 2.56. The zero-order chi connectivity index (χ0) is 17.5. The van der Waals surface area contributed by atoms with Crippen molar-refractivity contribution in [3.63, 3.8) is 0 Å². The topological polar surface area (TPSA) is 75.0 Å². The number of ether oxygens (including phenoxy) is 1. The van der Waals surface area contributed by atoms with Crippen molar-refractivity contribution >= 4 is 35.8 Å². The van der Waals surface area contributed by atoms with Gasteiger partial charge in [-0.1, -0.05) is 0 Å². The van der Waals surface area contributed by atoms with E-state index < -0.39 is 0 Å². The highest BCUT2D eigenvalue weighted by molar-refractivity contribution is 14.0. The molecule has 142 valence electrons. The number of nitrogens with zero attached hydrogens (tertiary/aromatic N) is 5. The highest BCUT2D eigenvalue weighted by Gasteiger charge is 2.25. The van der Waals surface area contributed by atoms with Crippen molar-refractivity contribution in [2.45, 2.75) is 19.4 Å². The summed E-state index contributed by atoms with van der Waals surface area (Å²) in [6.45, 7) is 5.45. The van der Waals surface area contributed by atoms with E-state index in [1.54, 1.807) is 23.7 Å². The molecular weight excluding hydrogens is 435 g/mol. The number of halogens is 1. The van der Waals surface area contributed by atoms with Crippen molar-refractivity contribution in [3.8, 4) is 0 Å². The number of rotatable bonds is 5. The Kier molecular flexibility index (Phi) is 9.19. The molecular formula is C16H29IN6O2. The Bertz CT molecular complexity index is 575. The SMILES string of the molecule is CCNC(=NCCC(=O)N(C)C)N1CCOC(c2cnn(C)c2)C1.I. The van der Waals surface area contributed by atoms with Crippen LogP contribution in [0.25, 0.3) is 0 Å². The number of aliphatic imine (C=N–C) groups is 1. The normalized spacial score (nSPS) is 17.8. The van der Waals surface area contributed by atoms with E-state index in [9.17, 15) is 4.79 Å². The number of morpholine rings is 1. The lowest BCUT2D eigenvalue weighted by Gasteiger charge is -2.34. The number of hydrogen-bond donors (Lipinski definition) is 1. The van der Waals surface area contributed by atoms with Crippen molar-refractivity contribution in [2.75, 3.05) is 46.9 Å². The van der Waals surface area contributed by atoms with Crippen molar-refractivity contribution in [3.05, 3.63) is 18.0 Å². The molecule has 2 heterocycles. The maximum Gasteiger partial charge on any atom is 0.223 e. The van der Waals surface area contributed by atoms with E-state index in [0.29, 0.717) is 19.6 Å². The van der Waals surface area contributed by atoms with Gasteiger partial charge in [-0.3, -0.25) is 14.5 Å². The summed E-state index contributed by atoms with van der Waals surface area (Å²) in [7, 11) is 5.42. The van der Waals surface area contributed by atoms with Crippen LogP contribution in [0, 0.1) is 0 Å². The first-order valence-corrected chi connectivity index (χ1v) is 8.34. The van der Waals surface area contributed by atoms with Crippen molar-refractivity contribution in [2.24, 2.45) is 12.0 Å². The van der Waals surface area contributed by atoms with E-state index in [-0.39, 0.29) is 36.0 Å². The predicted octanol–water partition coefficient (Wildman–Crippen LogP) is 0.855. The van der Waals surface area contributed by atoms with Gasteiger partial charge >= 0.3 is 0 Å². The number of aryl methyl sites for hydroxylation is 1. The van der Waals surface area contributed by atoms with Crippen LogP contribution in [0.2, 0.25) is 0 Å². The molecule has 0 spiro atoms. The molecule has 0 saturated carbocycles. The number of guanidine groups is 1. The zero-order valence-electron chi connectivity index (χ0n) is 15.4. The third kappa shape index (κ3) is 6.46. The molecule has 0 radical (unpaired) electrons. The minimum absolute atomic E-state index is 0. The molecule has 1 aliphatic rings.